The van der Waals surface area contributed by atoms with Crippen molar-refractivity contribution in [2.45, 2.75) is 43.4 Å². The fourth-order valence-corrected chi connectivity index (χ4v) is 4.84. The maximum absolute atomic E-state index is 13.4. The summed E-state index contributed by atoms with van der Waals surface area (Å²) in [4.78, 5) is 14.6. The Labute approximate surface area is 194 Å². The zero-order chi connectivity index (χ0) is 23.4. The maximum atomic E-state index is 13.4. The van der Waals surface area contributed by atoms with E-state index in [4.69, 9.17) is 0 Å². The van der Waals surface area contributed by atoms with Crippen LogP contribution < -0.4 is 0 Å². The minimum atomic E-state index is -4.46. The van der Waals surface area contributed by atoms with Crippen molar-refractivity contribution in [1.29, 1.82) is 0 Å². The molecule has 0 spiro atoms. The van der Waals surface area contributed by atoms with Gasteiger partial charge in [-0.05, 0) is 43.2 Å². The molecule has 2 aromatic heterocycles. The van der Waals surface area contributed by atoms with E-state index in [2.05, 4.69) is 10.2 Å². The summed E-state index contributed by atoms with van der Waals surface area (Å²) in [5.41, 5.74) is 0.534. The summed E-state index contributed by atoms with van der Waals surface area (Å²) in [6.45, 7) is 1.50. The molecule has 1 fully saturated rings. The molecule has 3 heterocycles. The van der Waals surface area contributed by atoms with E-state index >= 15 is 0 Å². The highest BCUT2D eigenvalue weighted by Gasteiger charge is 2.31. The molecule has 0 atom stereocenters. The first-order chi connectivity index (χ1) is 15.8. The van der Waals surface area contributed by atoms with Crippen molar-refractivity contribution >= 4 is 17.7 Å². The SMILES string of the molecule is Cn1cccc1Cc1nnc(SCC(=O)N2CCCCCC2)n1-c1cccc(C(F)(F)F)c1. The molecule has 1 aliphatic rings. The first-order valence-corrected chi connectivity index (χ1v) is 11.9. The smallest absolute Gasteiger partial charge is 0.354 e. The number of hydrogen-bond donors (Lipinski definition) is 0. The highest BCUT2D eigenvalue weighted by atomic mass is 32.2. The number of halogens is 3. The lowest BCUT2D eigenvalue weighted by Gasteiger charge is -2.20. The van der Waals surface area contributed by atoms with E-state index in [9.17, 15) is 18.0 Å². The van der Waals surface area contributed by atoms with Gasteiger partial charge in [-0.3, -0.25) is 9.36 Å². The summed E-state index contributed by atoms with van der Waals surface area (Å²) in [7, 11) is 1.90. The van der Waals surface area contributed by atoms with E-state index in [1.165, 1.54) is 17.8 Å². The lowest BCUT2D eigenvalue weighted by Crippen LogP contribution is -2.33. The number of carbonyl (C=O) groups excluding carboxylic acids is 1. The molecule has 1 aliphatic heterocycles. The van der Waals surface area contributed by atoms with Crippen molar-refractivity contribution in [3.05, 3.63) is 59.7 Å². The fourth-order valence-electron chi connectivity index (χ4n) is 3.97. The molecule has 0 aliphatic carbocycles. The van der Waals surface area contributed by atoms with Crippen LogP contribution in [0, 0.1) is 0 Å². The van der Waals surface area contributed by atoms with Gasteiger partial charge in [0.15, 0.2) is 5.16 Å². The Morgan fingerprint density at radius 3 is 2.48 bits per heavy atom. The summed E-state index contributed by atoms with van der Waals surface area (Å²) in [5, 5.41) is 8.93. The van der Waals surface area contributed by atoms with Crippen LogP contribution in [0.2, 0.25) is 0 Å². The second-order valence-electron chi connectivity index (χ2n) is 8.15. The molecule has 33 heavy (non-hydrogen) atoms. The zero-order valence-corrected chi connectivity index (χ0v) is 19.2. The van der Waals surface area contributed by atoms with Crippen molar-refractivity contribution < 1.29 is 18.0 Å². The summed E-state index contributed by atoms with van der Waals surface area (Å²) in [5.74, 6) is 0.701. The molecule has 10 heteroatoms. The molecule has 1 aromatic carbocycles. The van der Waals surface area contributed by atoms with Crippen LogP contribution in [-0.2, 0) is 24.4 Å². The van der Waals surface area contributed by atoms with Gasteiger partial charge < -0.3 is 9.47 Å². The van der Waals surface area contributed by atoms with E-state index in [-0.39, 0.29) is 11.7 Å². The van der Waals surface area contributed by atoms with Gasteiger partial charge in [-0.1, -0.05) is 30.7 Å². The third-order valence-corrected chi connectivity index (χ3v) is 6.72. The van der Waals surface area contributed by atoms with Crippen LogP contribution in [0.1, 0.15) is 42.8 Å². The minimum Gasteiger partial charge on any atom is -0.354 e. The van der Waals surface area contributed by atoms with Gasteiger partial charge in [0.05, 0.1) is 17.0 Å². The van der Waals surface area contributed by atoms with Gasteiger partial charge in [0, 0.05) is 38.4 Å². The third kappa shape index (κ3) is 5.61. The van der Waals surface area contributed by atoms with Gasteiger partial charge in [-0.15, -0.1) is 10.2 Å². The highest BCUT2D eigenvalue weighted by Crippen LogP contribution is 2.32. The van der Waals surface area contributed by atoms with E-state index in [0.717, 1.165) is 56.6 Å². The molecule has 0 unspecified atom stereocenters. The summed E-state index contributed by atoms with van der Waals surface area (Å²) in [6, 6.07) is 8.95. The van der Waals surface area contributed by atoms with Crippen molar-refractivity contribution in [2.24, 2.45) is 7.05 Å². The van der Waals surface area contributed by atoms with E-state index in [1.54, 1.807) is 10.6 Å². The Morgan fingerprint density at radius 2 is 1.82 bits per heavy atom. The monoisotopic (exact) mass is 477 g/mol. The van der Waals surface area contributed by atoms with Crippen LogP contribution in [0.4, 0.5) is 13.2 Å². The van der Waals surface area contributed by atoms with Crippen molar-refractivity contribution in [1.82, 2.24) is 24.2 Å². The molecule has 0 N–H and O–H groups in total. The lowest BCUT2D eigenvalue weighted by molar-refractivity contribution is -0.137. The molecule has 6 nitrogen and oxygen atoms in total. The van der Waals surface area contributed by atoms with Crippen LogP contribution in [-0.4, -0.2) is 49.0 Å². The Balaban J connectivity index is 1.63. The van der Waals surface area contributed by atoms with E-state index < -0.39 is 11.7 Å². The number of rotatable bonds is 6. The molecular weight excluding hydrogens is 451 g/mol. The largest absolute Gasteiger partial charge is 0.416 e. The number of aryl methyl sites for hydroxylation is 1. The molecule has 0 radical (unpaired) electrons. The quantitative estimate of drug-likeness (QED) is 0.483. The topological polar surface area (TPSA) is 56.0 Å². The van der Waals surface area contributed by atoms with Crippen LogP contribution >= 0.6 is 11.8 Å². The molecule has 3 aromatic rings. The molecule has 0 saturated carbocycles. The van der Waals surface area contributed by atoms with Gasteiger partial charge in [0.25, 0.3) is 0 Å². The predicted molar refractivity (Wildman–Crippen MR) is 120 cm³/mol. The summed E-state index contributed by atoms with van der Waals surface area (Å²) >= 11 is 1.21. The minimum absolute atomic E-state index is 0.0180. The standard InChI is InChI=1S/C23H26F3N5OS/c1-29-11-7-10-18(29)15-20-27-28-22(33-16-21(32)30-12-4-2-3-5-13-30)31(20)19-9-6-8-17(14-19)23(24,25)26/h6-11,14H,2-5,12-13,15-16H2,1H3. The van der Waals surface area contributed by atoms with Crippen molar-refractivity contribution in [3.63, 3.8) is 0 Å². The first-order valence-electron chi connectivity index (χ1n) is 11.0. The number of alkyl halides is 3. The Morgan fingerprint density at radius 1 is 1.06 bits per heavy atom. The Hall–Kier alpha value is -2.75. The average molecular weight is 478 g/mol. The highest BCUT2D eigenvalue weighted by molar-refractivity contribution is 7.99. The predicted octanol–water partition coefficient (Wildman–Crippen LogP) is 4.71. The number of hydrogen-bond acceptors (Lipinski definition) is 4. The van der Waals surface area contributed by atoms with Crippen LogP contribution in [0.25, 0.3) is 5.69 Å². The Kier molecular flexibility index (Phi) is 7.11. The van der Waals surface area contributed by atoms with Gasteiger partial charge >= 0.3 is 6.18 Å². The van der Waals surface area contributed by atoms with Crippen LogP contribution in [0.15, 0.2) is 47.8 Å². The molecular formula is C23H26F3N5OS. The van der Waals surface area contributed by atoms with Crippen LogP contribution in [0.5, 0.6) is 0 Å². The number of carbonyl (C=O) groups is 1. The van der Waals surface area contributed by atoms with Crippen LogP contribution in [0.3, 0.4) is 0 Å². The fraction of sp³-hybridized carbons (Fsp3) is 0.435. The van der Waals surface area contributed by atoms with E-state index in [0.29, 0.717) is 23.1 Å². The van der Waals surface area contributed by atoms with E-state index in [1.807, 2.05) is 34.8 Å². The lowest BCUT2D eigenvalue weighted by atomic mass is 10.2. The van der Waals surface area contributed by atoms with Gasteiger partial charge in [0.1, 0.15) is 5.82 Å². The molecule has 0 bridgehead atoms. The number of nitrogens with zero attached hydrogens (tertiary/aromatic N) is 5. The number of thioether (sulfide) groups is 1. The zero-order valence-electron chi connectivity index (χ0n) is 18.4. The summed E-state index contributed by atoms with van der Waals surface area (Å²) < 4.78 is 43.6. The average Bonchev–Trinajstić information content (AvgIpc) is 3.26. The van der Waals surface area contributed by atoms with Crippen molar-refractivity contribution in [3.8, 4) is 5.69 Å². The van der Waals surface area contributed by atoms with Crippen molar-refractivity contribution in [2.75, 3.05) is 18.8 Å². The molecule has 176 valence electrons. The van der Waals surface area contributed by atoms with Gasteiger partial charge in [0.2, 0.25) is 5.91 Å². The normalized spacial score (nSPS) is 15.0. The molecule has 1 saturated heterocycles. The molecule has 1 amide bonds. The van der Waals surface area contributed by atoms with Gasteiger partial charge in [-0.2, -0.15) is 13.2 Å². The summed E-state index contributed by atoms with van der Waals surface area (Å²) in [6.07, 6.45) is 2.09. The Bertz CT molecular complexity index is 1100. The number of amides is 1. The molecule has 4 rings (SSSR count). The number of benzene rings is 1. The number of aromatic nitrogens is 4. The second kappa shape index (κ2) is 10.0. The number of likely N-dealkylation sites (tertiary alicyclic amines) is 1. The third-order valence-electron chi connectivity index (χ3n) is 5.81. The second-order valence-corrected chi connectivity index (χ2v) is 9.10. The maximum Gasteiger partial charge on any atom is 0.416 e. The van der Waals surface area contributed by atoms with Gasteiger partial charge in [-0.25, -0.2) is 0 Å². The first kappa shape index (κ1) is 23.4.